The molecule has 186 valence electrons. The first kappa shape index (κ1) is 23.7. The lowest BCUT2D eigenvalue weighted by molar-refractivity contribution is -0.116. The Morgan fingerprint density at radius 2 is 1.83 bits per heavy atom. The summed E-state index contributed by atoms with van der Waals surface area (Å²) in [6.45, 7) is 1.45. The topological polar surface area (TPSA) is 81.7 Å². The quantitative estimate of drug-likeness (QED) is 0.659. The Hall–Kier alpha value is -3.00. The van der Waals surface area contributed by atoms with Crippen LogP contribution in [-0.2, 0) is 10.3 Å². The maximum absolute atomic E-state index is 13.6. The van der Waals surface area contributed by atoms with Gasteiger partial charge in [0.2, 0.25) is 5.91 Å². The van der Waals surface area contributed by atoms with Crippen molar-refractivity contribution in [2.45, 2.75) is 56.0 Å². The van der Waals surface area contributed by atoms with Gasteiger partial charge in [-0.2, -0.15) is 5.10 Å². The second kappa shape index (κ2) is 9.57. The number of carbonyl (C=O) groups is 2. The van der Waals surface area contributed by atoms with E-state index < -0.39 is 0 Å². The highest BCUT2D eigenvalue weighted by Gasteiger charge is 2.55. The lowest BCUT2D eigenvalue weighted by Crippen LogP contribution is -2.56. The molecule has 2 aliphatic carbocycles. The van der Waals surface area contributed by atoms with Gasteiger partial charge >= 0.3 is 6.03 Å². The van der Waals surface area contributed by atoms with E-state index in [-0.39, 0.29) is 29.6 Å². The summed E-state index contributed by atoms with van der Waals surface area (Å²) in [5, 5.41) is 10.5. The molecule has 2 heterocycles. The maximum atomic E-state index is 13.6. The van der Waals surface area contributed by atoms with E-state index in [0.29, 0.717) is 18.3 Å². The van der Waals surface area contributed by atoms with Crippen molar-refractivity contribution in [2.24, 2.45) is 5.92 Å². The lowest BCUT2D eigenvalue weighted by atomic mass is 9.68. The van der Waals surface area contributed by atoms with Crippen molar-refractivity contribution in [1.29, 1.82) is 0 Å². The number of hydrogen-bond donors (Lipinski definition) is 1. The van der Waals surface area contributed by atoms with Gasteiger partial charge in [-0.1, -0.05) is 36.8 Å². The van der Waals surface area contributed by atoms with Crippen LogP contribution in [-0.4, -0.2) is 76.1 Å². The largest absolute Gasteiger partial charge is 0.321 e. The van der Waals surface area contributed by atoms with E-state index in [2.05, 4.69) is 69.7 Å². The summed E-state index contributed by atoms with van der Waals surface area (Å²) in [5.74, 6) is 0.752. The lowest BCUT2D eigenvalue weighted by Gasteiger charge is -2.51. The van der Waals surface area contributed by atoms with E-state index in [4.69, 9.17) is 0 Å². The van der Waals surface area contributed by atoms with Gasteiger partial charge in [-0.05, 0) is 76.2 Å². The second-order valence-corrected chi connectivity index (χ2v) is 10.7. The number of rotatable bonds is 7. The standard InChI is InChI=1S/C27H36N6O2/c1-31(2)27(22-10-4-3-5-11-22)15-13-26(14-16-27)20-32(25(35)33(26)18-21-8-6-9-21)19-24(34)29-23-12-7-17-28-30-23/h3-5,7,10-12,17,21H,6,8-9,13-16,18-20H2,1-2H3,(H,29,30,34)/t26-,27-. The van der Waals surface area contributed by atoms with Crippen molar-refractivity contribution < 1.29 is 9.59 Å². The molecule has 0 radical (unpaired) electrons. The number of anilines is 1. The average Bonchev–Trinajstić information content (AvgIpc) is 3.08. The molecule has 1 N–H and O–H groups in total. The van der Waals surface area contributed by atoms with Crippen LogP contribution in [0, 0.1) is 5.92 Å². The first-order valence-electron chi connectivity index (χ1n) is 12.8. The predicted octanol–water partition coefficient (Wildman–Crippen LogP) is 3.72. The average molecular weight is 477 g/mol. The third-order valence-corrected chi connectivity index (χ3v) is 8.57. The molecule has 0 atom stereocenters. The Morgan fingerprint density at radius 3 is 2.43 bits per heavy atom. The smallest absolute Gasteiger partial charge is 0.317 e. The zero-order chi connectivity index (χ0) is 24.5. The molecule has 2 aromatic rings. The predicted molar refractivity (Wildman–Crippen MR) is 135 cm³/mol. The van der Waals surface area contributed by atoms with Gasteiger partial charge in [0.25, 0.3) is 0 Å². The molecule has 1 aliphatic heterocycles. The van der Waals surface area contributed by atoms with Crippen molar-refractivity contribution in [2.75, 3.05) is 39.0 Å². The molecular formula is C27H36N6O2. The van der Waals surface area contributed by atoms with Crippen LogP contribution in [0.3, 0.4) is 0 Å². The molecule has 0 unspecified atom stereocenters. The summed E-state index contributed by atoms with van der Waals surface area (Å²) in [7, 11) is 4.33. The van der Waals surface area contributed by atoms with Crippen molar-refractivity contribution in [3.8, 4) is 0 Å². The van der Waals surface area contributed by atoms with E-state index in [1.165, 1.54) is 24.8 Å². The first-order valence-corrected chi connectivity index (χ1v) is 12.8. The molecule has 1 aromatic carbocycles. The molecule has 35 heavy (non-hydrogen) atoms. The van der Waals surface area contributed by atoms with Crippen LogP contribution in [0.25, 0.3) is 0 Å². The van der Waals surface area contributed by atoms with Gasteiger partial charge in [-0.3, -0.25) is 9.69 Å². The second-order valence-electron chi connectivity index (χ2n) is 10.7. The van der Waals surface area contributed by atoms with E-state index in [9.17, 15) is 9.59 Å². The Balaban J connectivity index is 1.34. The molecule has 1 aromatic heterocycles. The van der Waals surface area contributed by atoms with Gasteiger partial charge in [-0.15, -0.1) is 5.10 Å². The Morgan fingerprint density at radius 1 is 1.09 bits per heavy atom. The zero-order valence-electron chi connectivity index (χ0n) is 20.8. The van der Waals surface area contributed by atoms with Crippen molar-refractivity contribution >= 4 is 17.8 Å². The summed E-state index contributed by atoms with van der Waals surface area (Å²) in [6.07, 6.45) is 9.03. The molecule has 3 amide bonds. The van der Waals surface area contributed by atoms with E-state index >= 15 is 0 Å². The summed E-state index contributed by atoms with van der Waals surface area (Å²) < 4.78 is 0. The van der Waals surface area contributed by atoms with E-state index in [0.717, 1.165) is 32.2 Å². The molecule has 1 saturated heterocycles. The van der Waals surface area contributed by atoms with Crippen LogP contribution in [0.1, 0.15) is 50.5 Å². The number of hydrogen-bond acceptors (Lipinski definition) is 5. The van der Waals surface area contributed by atoms with Crippen molar-refractivity contribution in [3.63, 3.8) is 0 Å². The fraction of sp³-hybridized carbons (Fsp3) is 0.556. The van der Waals surface area contributed by atoms with Crippen molar-refractivity contribution in [3.05, 3.63) is 54.2 Å². The minimum absolute atomic E-state index is 0.00302. The summed E-state index contributed by atoms with van der Waals surface area (Å²) in [5.41, 5.74) is 1.09. The summed E-state index contributed by atoms with van der Waals surface area (Å²) in [6, 6.07) is 14.2. The minimum Gasteiger partial charge on any atom is -0.317 e. The zero-order valence-corrected chi connectivity index (χ0v) is 20.8. The molecule has 8 nitrogen and oxygen atoms in total. The van der Waals surface area contributed by atoms with Crippen molar-refractivity contribution in [1.82, 2.24) is 24.9 Å². The number of amides is 3. The maximum Gasteiger partial charge on any atom is 0.321 e. The molecule has 0 bridgehead atoms. The van der Waals surface area contributed by atoms with Gasteiger partial charge in [0, 0.05) is 24.8 Å². The van der Waals surface area contributed by atoms with Crippen LogP contribution in [0.4, 0.5) is 10.6 Å². The molecule has 5 rings (SSSR count). The minimum atomic E-state index is -0.234. The Bertz CT molecular complexity index is 1030. The molecule has 3 fully saturated rings. The number of aromatic nitrogens is 2. The normalized spacial score (nSPS) is 26.9. The van der Waals surface area contributed by atoms with Gasteiger partial charge in [0.15, 0.2) is 5.82 Å². The first-order chi connectivity index (χ1) is 16.9. The molecule has 1 spiro atoms. The molecule has 2 saturated carbocycles. The van der Waals surface area contributed by atoms with E-state index in [1.54, 1.807) is 23.2 Å². The van der Waals surface area contributed by atoms with E-state index in [1.807, 2.05) is 0 Å². The SMILES string of the molecule is CN(C)[C@]1(c2ccccc2)CC[C@@]2(CC1)CN(CC(=O)Nc1cccnn1)C(=O)N2CC1CCC1. The molecule has 8 heteroatoms. The van der Waals surface area contributed by atoms with Gasteiger partial charge in [0.05, 0.1) is 5.54 Å². The van der Waals surface area contributed by atoms with Crippen LogP contribution >= 0.6 is 0 Å². The fourth-order valence-electron chi connectivity index (χ4n) is 6.23. The number of urea groups is 1. The molecular weight excluding hydrogens is 440 g/mol. The summed E-state index contributed by atoms with van der Waals surface area (Å²) >= 11 is 0. The van der Waals surface area contributed by atoms with Crippen LogP contribution < -0.4 is 5.32 Å². The highest BCUT2D eigenvalue weighted by atomic mass is 16.2. The van der Waals surface area contributed by atoms with Gasteiger partial charge in [0.1, 0.15) is 6.54 Å². The van der Waals surface area contributed by atoms with Crippen LogP contribution in [0.2, 0.25) is 0 Å². The fourth-order valence-corrected chi connectivity index (χ4v) is 6.23. The van der Waals surface area contributed by atoms with Crippen LogP contribution in [0.5, 0.6) is 0 Å². The third-order valence-electron chi connectivity index (χ3n) is 8.57. The number of benzene rings is 1. The molecule has 3 aliphatic rings. The third kappa shape index (κ3) is 4.51. The Kier molecular flexibility index (Phi) is 6.49. The highest BCUT2D eigenvalue weighted by molar-refractivity contribution is 5.94. The van der Waals surface area contributed by atoms with Gasteiger partial charge in [-0.25, -0.2) is 4.79 Å². The van der Waals surface area contributed by atoms with Gasteiger partial charge < -0.3 is 15.1 Å². The Labute approximate surface area is 207 Å². The number of carbonyl (C=O) groups excluding carboxylic acids is 2. The highest BCUT2D eigenvalue weighted by Crippen LogP contribution is 2.49. The number of nitrogens with one attached hydrogen (secondary N) is 1. The summed E-state index contributed by atoms with van der Waals surface area (Å²) in [4.78, 5) is 32.6. The monoisotopic (exact) mass is 476 g/mol. The van der Waals surface area contributed by atoms with Crippen LogP contribution in [0.15, 0.2) is 48.7 Å². The number of nitrogens with zero attached hydrogens (tertiary/aromatic N) is 5.